The number of halogens is 2. The quantitative estimate of drug-likeness (QED) is 0.629. The number of amides is 2. The highest BCUT2D eigenvalue weighted by molar-refractivity contribution is 7.14. The molecule has 28 heavy (non-hydrogen) atoms. The predicted octanol–water partition coefficient (Wildman–Crippen LogP) is 4.62. The van der Waals surface area contributed by atoms with Crippen LogP contribution in [0.15, 0.2) is 53.9 Å². The van der Waals surface area contributed by atoms with Crippen LogP contribution in [0.3, 0.4) is 0 Å². The SMILES string of the molecule is CC(=O)Nc1ccc(-c2csc(NC(=O)c3cccc(OC(F)F)c3)n2)cc1. The summed E-state index contributed by atoms with van der Waals surface area (Å²) in [5.74, 6) is -0.738. The van der Waals surface area contributed by atoms with Crippen molar-refractivity contribution in [2.24, 2.45) is 0 Å². The Kier molecular flexibility index (Phi) is 5.95. The molecule has 0 aliphatic rings. The number of benzene rings is 2. The van der Waals surface area contributed by atoms with Crippen molar-refractivity contribution in [3.63, 3.8) is 0 Å². The molecule has 2 N–H and O–H groups in total. The van der Waals surface area contributed by atoms with Gasteiger partial charge in [-0.2, -0.15) is 8.78 Å². The number of thiazole rings is 1. The standard InChI is InChI=1S/C19H15F2N3O3S/c1-11(25)22-14-7-5-12(6-8-14)16-10-28-19(23-16)24-17(26)13-3-2-4-15(9-13)27-18(20)21/h2-10,18H,1H3,(H,22,25)(H,23,24,26). The fourth-order valence-corrected chi connectivity index (χ4v) is 3.09. The lowest BCUT2D eigenvalue weighted by Gasteiger charge is -2.06. The number of carbonyl (C=O) groups is 2. The third-order valence-corrected chi connectivity index (χ3v) is 4.30. The first-order valence-corrected chi connectivity index (χ1v) is 8.98. The predicted molar refractivity (Wildman–Crippen MR) is 103 cm³/mol. The molecule has 0 aliphatic heterocycles. The minimum absolute atomic E-state index is 0.0956. The highest BCUT2D eigenvalue weighted by Crippen LogP contribution is 2.26. The molecule has 2 aromatic carbocycles. The highest BCUT2D eigenvalue weighted by Gasteiger charge is 2.12. The molecule has 3 aromatic rings. The van der Waals surface area contributed by atoms with Gasteiger partial charge >= 0.3 is 6.61 Å². The Balaban J connectivity index is 1.69. The second-order valence-corrected chi connectivity index (χ2v) is 6.51. The fraction of sp³-hybridized carbons (Fsp3) is 0.105. The van der Waals surface area contributed by atoms with Crippen molar-refractivity contribution in [2.45, 2.75) is 13.5 Å². The van der Waals surface area contributed by atoms with E-state index in [0.717, 1.165) is 5.56 Å². The molecule has 0 aliphatic carbocycles. The number of alkyl halides is 2. The fourth-order valence-electron chi connectivity index (χ4n) is 2.37. The van der Waals surface area contributed by atoms with Gasteiger partial charge in [0.05, 0.1) is 5.69 Å². The van der Waals surface area contributed by atoms with Gasteiger partial charge in [0.25, 0.3) is 5.91 Å². The summed E-state index contributed by atoms with van der Waals surface area (Å²) in [5, 5.41) is 7.46. The van der Waals surface area contributed by atoms with E-state index in [-0.39, 0.29) is 17.2 Å². The number of ether oxygens (including phenoxy) is 1. The lowest BCUT2D eigenvalue weighted by Crippen LogP contribution is -2.12. The summed E-state index contributed by atoms with van der Waals surface area (Å²) >= 11 is 1.23. The summed E-state index contributed by atoms with van der Waals surface area (Å²) < 4.78 is 28.9. The van der Waals surface area contributed by atoms with Crippen molar-refractivity contribution in [1.82, 2.24) is 4.98 Å². The summed E-state index contributed by atoms with van der Waals surface area (Å²) in [6.45, 7) is -1.53. The Morgan fingerprint density at radius 1 is 1.11 bits per heavy atom. The third-order valence-electron chi connectivity index (χ3n) is 3.55. The highest BCUT2D eigenvalue weighted by atomic mass is 32.1. The number of nitrogens with zero attached hydrogens (tertiary/aromatic N) is 1. The van der Waals surface area contributed by atoms with Crippen LogP contribution in [-0.2, 0) is 4.79 Å². The lowest BCUT2D eigenvalue weighted by atomic mass is 10.1. The normalized spacial score (nSPS) is 10.6. The van der Waals surface area contributed by atoms with E-state index in [1.807, 2.05) is 0 Å². The molecule has 144 valence electrons. The van der Waals surface area contributed by atoms with Crippen molar-refractivity contribution in [2.75, 3.05) is 10.6 Å². The maximum Gasteiger partial charge on any atom is 0.387 e. The topological polar surface area (TPSA) is 80.3 Å². The van der Waals surface area contributed by atoms with Crippen LogP contribution >= 0.6 is 11.3 Å². The Bertz CT molecular complexity index is 990. The van der Waals surface area contributed by atoms with Crippen LogP contribution in [0.5, 0.6) is 5.75 Å². The Labute approximate surface area is 163 Å². The molecule has 0 bridgehead atoms. The molecule has 3 rings (SSSR count). The zero-order valence-electron chi connectivity index (χ0n) is 14.6. The van der Waals surface area contributed by atoms with Crippen molar-refractivity contribution >= 4 is 34.0 Å². The maximum absolute atomic E-state index is 12.3. The zero-order valence-corrected chi connectivity index (χ0v) is 15.4. The van der Waals surface area contributed by atoms with Crippen LogP contribution in [0.4, 0.5) is 19.6 Å². The average molecular weight is 403 g/mol. The third kappa shape index (κ3) is 5.10. The number of hydrogen-bond donors (Lipinski definition) is 2. The van der Waals surface area contributed by atoms with Gasteiger partial charge in [-0.25, -0.2) is 4.98 Å². The number of nitrogens with one attached hydrogen (secondary N) is 2. The minimum Gasteiger partial charge on any atom is -0.435 e. The zero-order chi connectivity index (χ0) is 20.1. The molecule has 6 nitrogen and oxygen atoms in total. The first-order valence-electron chi connectivity index (χ1n) is 8.10. The Hall–Kier alpha value is -3.33. The van der Waals surface area contributed by atoms with E-state index in [9.17, 15) is 18.4 Å². The second-order valence-electron chi connectivity index (χ2n) is 5.66. The summed E-state index contributed by atoms with van der Waals surface area (Å²) in [7, 11) is 0. The molecule has 2 amide bonds. The van der Waals surface area contributed by atoms with Gasteiger partial charge in [-0.05, 0) is 30.3 Å². The summed E-state index contributed by atoms with van der Waals surface area (Å²) in [5.41, 5.74) is 2.32. The largest absolute Gasteiger partial charge is 0.435 e. The first-order chi connectivity index (χ1) is 13.4. The van der Waals surface area contributed by atoms with E-state index in [1.165, 1.54) is 42.5 Å². The average Bonchev–Trinajstić information content (AvgIpc) is 3.10. The van der Waals surface area contributed by atoms with Crippen molar-refractivity contribution < 1.29 is 23.1 Å². The van der Waals surface area contributed by atoms with Gasteiger partial charge in [0, 0.05) is 29.1 Å². The Morgan fingerprint density at radius 3 is 2.54 bits per heavy atom. The molecular formula is C19H15F2N3O3S. The molecule has 0 radical (unpaired) electrons. The molecular weight excluding hydrogens is 388 g/mol. The molecule has 0 saturated heterocycles. The van der Waals surface area contributed by atoms with E-state index < -0.39 is 12.5 Å². The van der Waals surface area contributed by atoms with E-state index in [4.69, 9.17) is 0 Å². The monoisotopic (exact) mass is 403 g/mol. The van der Waals surface area contributed by atoms with E-state index in [0.29, 0.717) is 16.5 Å². The van der Waals surface area contributed by atoms with Gasteiger partial charge < -0.3 is 10.1 Å². The van der Waals surface area contributed by atoms with Gasteiger partial charge in [0.1, 0.15) is 5.75 Å². The van der Waals surface area contributed by atoms with Crippen LogP contribution in [-0.4, -0.2) is 23.4 Å². The summed E-state index contributed by atoms with van der Waals surface area (Å²) in [6.07, 6.45) is 0. The van der Waals surface area contributed by atoms with Crippen LogP contribution in [0.1, 0.15) is 17.3 Å². The molecule has 1 aromatic heterocycles. The molecule has 0 unspecified atom stereocenters. The number of anilines is 2. The maximum atomic E-state index is 12.3. The van der Waals surface area contributed by atoms with Crippen LogP contribution in [0.25, 0.3) is 11.3 Å². The van der Waals surface area contributed by atoms with Crippen molar-refractivity contribution in [3.8, 4) is 17.0 Å². The van der Waals surface area contributed by atoms with Crippen LogP contribution in [0, 0.1) is 0 Å². The lowest BCUT2D eigenvalue weighted by molar-refractivity contribution is -0.114. The van der Waals surface area contributed by atoms with Gasteiger partial charge in [-0.1, -0.05) is 18.2 Å². The number of aromatic nitrogens is 1. The van der Waals surface area contributed by atoms with Crippen LogP contribution in [0.2, 0.25) is 0 Å². The van der Waals surface area contributed by atoms with Gasteiger partial charge in [-0.15, -0.1) is 11.3 Å². The van der Waals surface area contributed by atoms with Crippen LogP contribution < -0.4 is 15.4 Å². The Morgan fingerprint density at radius 2 is 1.86 bits per heavy atom. The number of hydrogen-bond acceptors (Lipinski definition) is 5. The summed E-state index contributed by atoms with van der Waals surface area (Å²) in [4.78, 5) is 27.7. The molecule has 0 spiro atoms. The van der Waals surface area contributed by atoms with E-state index in [1.54, 1.807) is 29.6 Å². The van der Waals surface area contributed by atoms with Gasteiger partial charge in [-0.3, -0.25) is 14.9 Å². The molecule has 0 atom stereocenters. The summed E-state index contributed by atoms with van der Waals surface area (Å²) in [6, 6.07) is 12.6. The first kappa shape index (κ1) is 19.4. The van der Waals surface area contributed by atoms with E-state index >= 15 is 0 Å². The second kappa shape index (κ2) is 8.57. The smallest absolute Gasteiger partial charge is 0.387 e. The minimum atomic E-state index is -2.96. The molecule has 0 saturated carbocycles. The number of carbonyl (C=O) groups excluding carboxylic acids is 2. The molecule has 0 fully saturated rings. The van der Waals surface area contributed by atoms with Gasteiger partial charge in [0.2, 0.25) is 5.91 Å². The number of rotatable bonds is 6. The van der Waals surface area contributed by atoms with Gasteiger partial charge in [0.15, 0.2) is 5.13 Å². The van der Waals surface area contributed by atoms with Crippen molar-refractivity contribution in [3.05, 3.63) is 59.5 Å². The van der Waals surface area contributed by atoms with Crippen molar-refractivity contribution in [1.29, 1.82) is 0 Å². The molecule has 1 heterocycles. The van der Waals surface area contributed by atoms with E-state index in [2.05, 4.69) is 20.4 Å². The molecule has 9 heteroatoms.